The minimum atomic E-state index is 0.0568. The van der Waals surface area contributed by atoms with Crippen molar-refractivity contribution in [1.29, 1.82) is 0 Å². The summed E-state index contributed by atoms with van der Waals surface area (Å²) in [7, 11) is 1.92. The molecule has 0 saturated carbocycles. The van der Waals surface area contributed by atoms with Gasteiger partial charge in [0.1, 0.15) is 0 Å². The van der Waals surface area contributed by atoms with E-state index in [1.54, 1.807) is 0 Å². The summed E-state index contributed by atoms with van der Waals surface area (Å²) >= 11 is 11.9. The molecule has 0 bridgehead atoms. The third-order valence-corrected chi connectivity index (χ3v) is 3.74. The van der Waals surface area contributed by atoms with E-state index in [0.29, 0.717) is 22.2 Å². The Labute approximate surface area is 128 Å². The zero-order chi connectivity index (χ0) is 14.9. The number of nitrogens with two attached hydrogens (primary N) is 1. The third-order valence-electron chi connectivity index (χ3n) is 3.33. The minimum absolute atomic E-state index is 0.0568. The van der Waals surface area contributed by atoms with Gasteiger partial charge in [-0.3, -0.25) is 0 Å². The van der Waals surface area contributed by atoms with Crippen molar-refractivity contribution in [1.82, 2.24) is 9.97 Å². The molecule has 2 N–H and O–H groups in total. The lowest BCUT2D eigenvalue weighted by atomic mass is 10.1. The largest absolute Gasteiger partial charge is 0.394 e. The zero-order valence-corrected chi connectivity index (χ0v) is 13.1. The van der Waals surface area contributed by atoms with Gasteiger partial charge in [0.25, 0.3) is 0 Å². The number of nitrogen functional groups attached to an aromatic ring is 1. The quantitative estimate of drug-likeness (QED) is 0.874. The average Bonchev–Trinajstić information content (AvgIpc) is 2.41. The summed E-state index contributed by atoms with van der Waals surface area (Å²) in [6.45, 7) is 3.86. The highest BCUT2D eigenvalue weighted by Gasteiger charge is 2.18. The molecule has 0 radical (unpaired) electrons. The fraction of sp³-hybridized carbons (Fsp3) is 0.286. The van der Waals surface area contributed by atoms with E-state index in [9.17, 15) is 0 Å². The molecule has 1 aromatic carbocycles. The highest BCUT2D eigenvalue weighted by Crippen LogP contribution is 2.31. The van der Waals surface area contributed by atoms with Crippen LogP contribution in [0.25, 0.3) is 0 Å². The van der Waals surface area contributed by atoms with Crippen LogP contribution < -0.4 is 10.6 Å². The summed E-state index contributed by atoms with van der Waals surface area (Å²) in [4.78, 5) is 10.2. The van der Waals surface area contributed by atoms with Crippen LogP contribution in [0.15, 0.2) is 24.3 Å². The second-order valence-corrected chi connectivity index (χ2v) is 5.43. The Morgan fingerprint density at radius 2 is 1.95 bits per heavy atom. The lowest BCUT2D eigenvalue weighted by Crippen LogP contribution is -2.24. The number of hydrogen-bond acceptors (Lipinski definition) is 4. The first-order valence-electron chi connectivity index (χ1n) is 6.18. The number of aryl methyl sites for hydroxylation is 1. The predicted molar refractivity (Wildman–Crippen MR) is 84.5 cm³/mol. The van der Waals surface area contributed by atoms with Gasteiger partial charge in [-0.05, 0) is 43.1 Å². The minimum Gasteiger partial charge on any atom is -0.394 e. The lowest BCUT2D eigenvalue weighted by Gasteiger charge is -2.27. The van der Waals surface area contributed by atoms with Gasteiger partial charge in [0, 0.05) is 12.1 Å². The fourth-order valence-corrected chi connectivity index (χ4v) is 2.38. The van der Waals surface area contributed by atoms with Crippen LogP contribution >= 0.6 is 23.2 Å². The van der Waals surface area contributed by atoms with E-state index in [4.69, 9.17) is 28.9 Å². The van der Waals surface area contributed by atoms with Crippen LogP contribution in [0.2, 0.25) is 10.3 Å². The summed E-state index contributed by atoms with van der Waals surface area (Å²) in [5.41, 5.74) is 8.33. The van der Waals surface area contributed by atoms with Crippen molar-refractivity contribution >= 4 is 34.7 Å². The Morgan fingerprint density at radius 3 is 2.60 bits per heavy atom. The van der Waals surface area contributed by atoms with Crippen molar-refractivity contribution in [2.75, 3.05) is 17.7 Å². The predicted octanol–water partition coefficient (Wildman–Crippen LogP) is 3.87. The number of benzene rings is 1. The van der Waals surface area contributed by atoms with E-state index in [1.807, 2.05) is 43.1 Å². The number of aromatic nitrogens is 2. The fourth-order valence-electron chi connectivity index (χ4n) is 1.98. The highest BCUT2D eigenvalue weighted by atomic mass is 35.5. The Balaban J connectivity index is 2.38. The van der Waals surface area contributed by atoms with Crippen LogP contribution in [0.4, 0.5) is 11.5 Å². The van der Waals surface area contributed by atoms with Gasteiger partial charge in [0.05, 0.1) is 17.4 Å². The van der Waals surface area contributed by atoms with Crippen LogP contribution in [-0.4, -0.2) is 17.0 Å². The van der Waals surface area contributed by atoms with Crippen molar-refractivity contribution in [3.8, 4) is 0 Å². The first-order chi connectivity index (χ1) is 9.40. The molecule has 0 aliphatic heterocycles. The van der Waals surface area contributed by atoms with E-state index < -0.39 is 0 Å². The Kier molecular flexibility index (Phi) is 4.35. The maximum absolute atomic E-state index is 6.05. The molecule has 1 heterocycles. The van der Waals surface area contributed by atoms with Gasteiger partial charge in [-0.25, -0.2) is 4.98 Å². The second kappa shape index (κ2) is 5.85. The van der Waals surface area contributed by atoms with E-state index >= 15 is 0 Å². The molecule has 1 unspecified atom stereocenters. The molecule has 0 spiro atoms. The van der Waals surface area contributed by atoms with Crippen molar-refractivity contribution in [3.05, 3.63) is 45.8 Å². The van der Waals surface area contributed by atoms with Crippen molar-refractivity contribution in [3.63, 3.8) is 0 Å². The molecule has 0 aliphatic rings. The van der Waals surface area contributed by atoms with Crippen molar-refractivity contribution in [2.45, 2.75) is 19.9 Å². The second-order valence-electron chi connectivity index (χ2n) is 4.66. The van der Waals surface area contributed by atoms with E-state index in [0.717, 1.165) is 5.56 Å². The highest BCUT2D eigenvalue weighted by molar-refractivity contribution is 6.30. The van der Waals surface area contributed by atoms with Crippen LogP contribution in [0.1, 0.15) is 24.2 Å². The standard InChI is InChI=1S/C14H16Cl2N4/c1-8-12(17)13(19-14(16)18-8)20(3)9(2)10-5-4-6-11(15)7-10/h4-7,9H,17H2,1-3H3. The Bertz CT molecular complexity index is 631. The molecule has 20 heavy (non-hydrogen) atoms. The Hall–Kier alpha value is -1.52. The molecule has 0 fully saturated rings. The summed E-state index contributed by atoms with van der Waals surface area (Å²) in [5.74, 6) is 0.620. The number of halogens is 2. The maximum atomic E-state index is 6.05. The monoisotopic (exact) mass is 310 g/mol. The van der Waals surface area contributed by atoms with Crippen LogP contribution in [0, 0.1) is 6.92 Å². The molecular formula is C14H16Cl2N4. The molecule has 1 aromatic heterocycles. The third kappa shape index (κ3) is 2.97. The number of nitrogens with zero attached hydrogens (tertiary/aromatic N) is 3. The van der Waals surface area contributed by atoms with Gasteiger partial charge in [0.15, 0.2) is 5.82 Å². The van der Waals surface area contributed by atoms with Crippen LogP contribution in [0.3, 0.4) is 0 Å². The van der Waals surface area contributed by atoms with Gasteiger partial charge in [-0.1, -0.05) is 23.7 Å². The summed E-state index contributed by atoms with van der Waals surface area (Å²) in [6.07, 6.45) is 0. The molecule has 0 aliphatic carbocycles. The molecular weight excluding hydrogens is 295 g/mol. The topological polar surface area (TPSA) is 55.0 Å². The van der Waals surface area contributed by atoms with Gasteiger partial charge in [0.2, 0.25) is 5.28 Å². The van der Waals surface area contributed by atoms with Crippen LogP contribution in [-0.2, 0) is 0 Å². The molecule has 2 rings (SSSR count). The Morgan fingerprint density at radius 1 is 1.25 bits per heavy atom. The van der Waals surface area contributed by atoms with E-state index in [1.165, 1.54) is 0 Å². The summed E-state index contributed by atoms with van der Waals surface area (Å²) in [6, 6.07) is 7.76. The van der Waals surface area contributed by atoms with Gasteiger partial charge in [-0.15, -0.1) is 0 Å². The molecule has 106 valence electrons. The molecule has 1 atom stereocenters. The summed E-state index contributed by atoms with van der Waals surface area (Å²) in [5, 5.41) is 0.893. The van der Waals surface area contributed by atoms with Crippen LogP contribution in [0.5, 0.6) is 0 Å². The zero-order valence-electron chi connectivity index (χ0n) is 11.6. The lowest BCUT2D eigenvalue weighted by molar-refractivity contribution is 0.727. The van der Waals surface area contributed by atoms with Gasteiger partial charge >= 0.3 is 0 Å². The number of anilines is 2. The molecule has 2 aromatic rings. The summed E-state index contributed by atoms with van der Waals surface area (Å²) < 4.78 is 0. The SMILES string of the molecule is Cc1nc(Cl)nc(N(C)C(C)c2cccc(Cl)c2)c1N. The van der Waals surface area contributed by atoms with Crippen molar-refractivity contribution < 1.29 is 0 Å². The van der Waals surface area contributed by atoms with E-state index in [-0.39, 0.29) is 11.3 Å². The normalized spacial score (nSPS) is 12.2. The van der Waals surface area contributed by atoms with Gasteiger partial charge in [-0.2, -0.15) is 4.98 Å². The first-order valence-corrected chi connectivity index (χ1v) is 6.93. The average molecular weight is 311 g/mol. The molecule has 4 nitrogen and oxygen atoms in total. The maximum Gasteiger partial charge on any atom is 0.224 e. The van der Waals surface area contributed by atoms with Crippen molar-refractivity contribution in [2.24, 2.45) is 0 Å². The van der Waals surface area contributed by atoms with Gasteiger partial charge < -0.3 is 10.6 Å². The molecule has 6 heteroatoms. The number of rotatable bonds is 3. The number of hydrogen-bond donors (Lipinski definition) is 1. The smallest absolute Gasteiger partial charge is 0.224 e. The van der Waals surface area contributed by atoms with E-state index in [2.05, 4.69) is 16.9 Å². The first kappa shape index (κ1) is 14.9. The molecule has 0 amide bonds. The molecule has 0 saturated heterocycles.